The van der Waals surface area contributed by atoms with Gasteiger partial charge in [0.05, 0.1) is 0 Å². The van der Waals surface area contributed by atoms with Crippen LogP contribution in [-0.2, 0) is 10.1 Å². The Hall–Kier alpha value is -0.610. The standard InChI is InChI=1S/C9H14O3S/c1-7-4-5-8(13(10,11)12)9(2,3)6-7/h4-6,8H,1-3H3,(H,10,11,12). The summed E-state index contributed by atoms with van der Waals surface area (Å²) in [6.45, 7) is 5.48. The van der Waals surface area contributed by atoms with Gasteiger partial charge in [-0.15, -0.1) is 0 Å². The summed E-state index contributed by atoms with van der Waals surface area (Å²) >= 11 is 0. The molecule has 1 rings (SSSR count). The molecule has 0 bridgehead atoms. The first-order valence-corrected chi connectivity index (χ1v) is 5.58. The van der Waals surface area contributed by atoms with Gasteiger partial charge in [0.2, 0.25) is 0 Å². The van der Waals surface area contributed by atoms with Crippen molar-refractivity contribution >= 4 is 10.1 Å². The molecule has 13 heavy (non-hydrogen) atoms. The third-order valence-corrected chi connectivity index (χ3v) is 3.59. The molecule has 1 N–H and O–H groups in total. The first kappa shape index (κ1) is 10.5. The molecule has 74 valence electrons. The van der Waals surface area contributed by atoms with Crippen LogP contribution in [-0.4, -0.2) is 18.2 Å². The maximum Gasteiger partial charge on any atom is 0.272 e. The Balaban J connectivity index is 3.13. The Labute approximate surface area is 78.9 Å². The van der Waals surface area contributed by atoms with Crippen LogP contribution in [0.5, 0.6) is 0 Å². The second-order valence-corrected chi connectivity index (χ2v) is 5.54. The van der Waals surface area contributed by atoms with Gasteiger partial charge in [0.1, 0.15) is 5.25 Å². The molecule has 1 unspecified atom stereocenters. The van der Waals surface area contributed by atoms with Crippen LogP contribution in [0.2, 0.25) is 0 Å². The molecule has 0 aromatic heterocycles. The maximum absolute atomic E-state index is 11.0. The highest BCUT2D eigenvalue weighted by molar-refractivity contribution is 7.86. The highest BCUT2D eigenvalue weighted by Gasteiger charge is 2.36. The van der Waals surface area contributed by atoms with Crippen molar-refractivity contribution in [2.75, 3.05) is 0 Å². The minimum atomic E-state index is -3.99. The summed E-state index contributed by atoms with van der Waals surface area (Å²) in [5.74, 6) is 0. The lowest BCUT2D eigenvalue weighted by atomic mass is 9.83. The lowest BCUT2D eigenvalue weighted by molar-refractivity contribution is 0.414. The molecule has 3 nitrogen and oxygen atoms in total. The van der Waals surface area contributed by atoms with E-state index in [1.54, 1.807) is 19.9 Å². The van der Waals surface area contributed by atoms with Gasteiger partial charge >= 0.3 is 0 Å². The van der Waals surface area contributed by atoms with Crippen LogP contribution in [0.3, 0.4) is 0 Å². The van der Waals surface area contributed by atoms with Gasteiger partial charge < -0.3 is 0 Å². The predicted octanol–water partition coefficient (Wildman–Crippen LogP) is 1.79. The average Bonchev–Trinajstić information content (AvgIpc) is 1.79. The molecule has 1 aliphatic rings. The quantitative estimate of drug-likeness (QED) is 0.659. The molecule has 0 fully saturated rings. The summed E-state index contributed by atoms with van der Waals surface area (Å²) in [5, 5.41) is -0.830. The van der Waals surface area contributed by atoms with Crippen molar-refractivity contribution in [3.8, 4) is 0 Å². The third kappa shape index (κ3) is 2.19. The predicted molar refractivity (Wildman–Crippen MR) is 52.0 cm³/mol. The van der Waals surface area contributed by atoms with Crippen molar-refractivity contribution < 1.29 is 13.0 Å². The van der Waals surface area contributed by atoms with Gasteiger partial charge in [0, 0.05) is 5.41 Å². The second kappa shape index (κ2) is 2.96. The SMILES string of the molecule is CC1=CC(C)(C)C(S(=O)(=O)O)C=C1. The Morgan fingerprint density at radius 2 is 2.00 bits per heavy atom. The summed E-state index contributed by atoms with van der Waals surface area (Å²) in [6, 6.07) is 0. The minimum absolute atomic E-state index is 0.535. The second-order valence-electron chi connectivity index (χ2n) is 4.00. The molecule has 1 aliphatic carbocycles. The first-order chi connectivity index (χ1) is 5.73. The van der Waals surface area contributed by atoms with E-state index in [1.807, 2.05) is 13.0 Å². The molecule has 0 spiro atoms. The van der Waals surface area contributed by atoms with Crippen molar-refractivity contribution in [1.82, 2.24) is 0 Å². The Morgan fingerprint density at radius 1 is 1.46 bits per heavy atom. The molecule has 0 aromatic rings. The van der Waals surface area contributed by atoms with Crippen LogP contribution in [0.15, 0.2) is 23.8 Å². The fraction of sp³-hybridized carbons (Fsp3) is 0.556. The molecule has 4 heteroatoms. The third-order valence-electron chi connectivity index (χ3n) is 2.19. The summed E-state index contributed by atoms with van der Waals surface area (Å²) < 4.78 is 30.9. The van der Waals surface area contributed by atoms with Gasteiger partial charge in [-0.2, -0.15) is 8.42 Å². The van der Waals surface area contributed by atoms with Crippen molar-refractivity contribution in [1.29, 1.82) is 0 Å². The Morgan fingerprint density at radius 3 is 2.38 bits per heavy atom. The van der Waals surface area contributed by atoms with Crippen molar-refractivity contribution in [2.45, 2.75) is 26.0 Å². The highest BCUT2D eigenvalue weighted by atomic mass is 32.2. The Kier molecular flexibility index (Phi) is 2.38. The molecular weight excluding hydrogens is 188 g/mol. The molecule has 0 heterocycles. The maximum atomic E-state index is 11.0. The van der Waals surface area contributed by atoms with E-state index in [-0.39, 0.29) is 0 Å². The molecule has 0 saturated carbocycles. The van der Waals surface area contributed by atoms with Gasteiger partial charge in [0.15, 0.2) is 0 Å². The molecule has 0 amide bonds. The van der Waals surface area contributed by atoms with Gasteiger partial charge in [0.25, 0.3) is 10.1 Å². The number of hydrogen-bond acceptors (Lipinski definition) is 2. The Bertz CT molecular complexity index is 360. The molecule has 0 radical (unpaired) electrons. The highest BCUT2D eigenvalue weighted by Crippen LogP contribution is 2.33. The fourth-order valence-electron chi connectivity index (χ4n) is 1.69. The lowest BCUT2D eigenvalue weighted by Gasteiger charge is -2.30. The van der Waals surface area contributed by atoms with E-state index in [1.165, 1.54) is 6.08 Å². The van der Waals surface area contributed by atoms with Gasteiger partial charge in [-0.3, -0.25) is 4.55 Å². The summed E-state index contributed by atoms with van der Waals surface area (Å²) in [4.78, 5) is 0. The van der Waals surface area contributed by atoms with E-state index in [0.29, 0.717) is 0 Å². The molecular formula is C9H14O3S. The zero-order valence-corrected chi connectivity index (χ0v) is 8.80. The summed E-state index contributed by atoms with van der Waals surface area (Å²) in [6.07, 6.45) is 5.10. The van der Waals surface area contributed by atoms with E-state index in [4.69, 9.17) is 4.55 Å². The number of rotatable bonds is 1. The van der Waals surface area contributed by atoms with Gasteiger partial charge in [-0.25, -0.2) is 0 Å². The molecule has 0 saturated heterocycles. The molecule has 1 atom stereocenters. The van der Waals surface area contributed by atoms with E-state index in [2.05, 4.69) is 0 Å². The smallest absolute Gasteiger partial charge is 0.272 e. The summed E-state index contributed by atoms with van der Waals surface area (Å²) in [5.41, 5.74) is 0.483. The summed E-state index contributed by atoms with van der Waals surface area (Å²) in [7, 11) is -3.99. The van der Waals surface area contributed by atoms with E-state index >= 15 is 0 Å². The van der Waals surface area contributed by atoms with Crippen LogP contribution in [0.25, 0.3) is 0 Å². The first-order valence-electron chi connectivity index (χ1n) is 4.07. The molecule has 0 aromatic carbocycles. The van der Waals surface area contributed by atoms with E-state index in [0.717, 1.165) is 5.57 Å². The van der Waals surface area contributed by atoms with Crippen molar-refractivity contribution in [3.05, 3.63) is 23.8 Å². The fourth-order valence-corrected chi connectivity index (χ4v) is 2.80. The lowest BCUT2D eigenvalue weighted by Crippen LogP contribution is -2.34. The zero-order chi connectivity index (χ0) is 10.3. The van der Waals surface area contributed by atoms with Crippen molar-refractivity contribution in [2.24, 2.45) is 5.41 Å². The molecule has 0 aliphatic heterocycles. The number of hydrogen-bond donors (Lipinski definition) is 1. The largest absolute Gasteiger partial charge is 0.285 e. The van der Waals surface area contributed by atoms with Crippen LogP contribution < -0.4 is 0 Å². The number of allylic oxidation sites excluding steroid dienone is 3. The van der Waals surface area contributed by atoms with E-state index in [9.17, 15) is 8.42 Å². The van der Waals surface area contributed by atoms with Gasteiger partial charge in [-0.05, 0) is 6.92 Å². The minimum Gasteiger partial charge on any atom is -0.285 e. The van der Waals surface area contributed by atoms with Gasteiger partial charge in [-0.1, -0.05) is 37.6 Å². The van der Waals surface area contributed by atoms with Crippen LogP contribution in [0, 0.1) is 5.41 Å². The average molecular weight is 202 g/mol. The van der Waals surface area contributed by atoms with Crippen LogP contribution in [0.1, 0.15) is 20.8 Å². The topological polar surface area (TPSA) is 54.4 Å². The van der Waals surface area contributed by atoms with Crippen molar-refractivity contribution in [3.63, 3.8) is 0 Å². The van der Waals surface area contributed by atoms with E-state index < -0.39 is 20.8 Å². The normalized spacial score (nSPS) is 27.1. The van der Waals surface area contributed by atoms with Crippen LogP contribution in [0.4, 0.5) is 0 Å². The monoisotopic (exact) mass is 202 g/mol. The zero-order valence-electron chi connectivity index (χ0n) is 7.98. The van der Waals surface area contributed by atoms with Crippen LogP contribution >= 0.6 is 0 Å².